The van der Waals surface area contributed by atoms with Crippen LogP contribution in [-0.2, 0) is 0 Å². The van der Waals surface area contributed by atoms with Gasteiger partial charge in [-0.3, -0.25) is 4.79 Å². The van der Waals surface area contributed by atoms with E-state index in [-0.39, 0.29) is 12.5 Å². The van der Waals surface area contributed by atoms with E-state index in [0.717, 1.165) is 0 Å². The molecule has 0 aliphatic carbocycles. The maximum absolute atomic E-state index is 12.1. The van der Waals surface area contributed by atoms with Crippen molar-refractivity contribution in [3.8, 4) is 0 Å². The summed E-state index contributed by atoms with van der Waals surface area (Å²) in [7, 11) is 0. The molecule has 0 radical (unpaired) electrons. The SMILES string of the molecule is CCN(CCCO)C(=O)c1ccc(N)cc1Cl. The standard InChI is InChI=1S/C12H17ClN2O2/c1-2-15(6-3-7-16)12(17)10-5-4-9(14)8-11(10)13/h4-5,8,16H,2-3,6-7,14H2,1H3. The van der Waals surface area contributed by atoms with Crippen molar-refractivity contribution in [2.45, 2.75) is 13.3 Å². The zero-order valence-corrected chi connectivity index (χ0v) is 10.6. The zero-order valence-electron chi connectivity index (χ0n) is 9.82. The lowest BCUT2D eigenvalue weighted by Crippen LogP contribution is -2.32. The molecular formula is C12H17ClN2O2. The summed E-state index contributed by atoms with van der Waals surface area (Å²) < 4.78 is 0. The number of carbonyl (C=O) groups excluding carboxylic acids is 1. The third-order valence-corrected chi connectivity index (χ3v) is 2.79. The fourth-order valence-corrected chi connectivity index (χ4v) is 1.81. The predicted molar refractivity (Wildman–Crippen MR) is 69.1 cm³/mol. The molecule has 0 aliphatic rings. The number of rotatable bonds is 5. The maximum atomic E-state index is 12.1. The Morgan fingerprint density at radius 2 is 2.24 bits per heavy atom. The molecule has 94 valence electrons. The number of hydrogen-bond acceptors (Lipinski definition) is 3. The quantitative estimate of drug-likeness (QED) is 0.789. The second-order valence-corrected chi connectivity index (χ2v) is 4.11. The van der Waals surface area contributed by atoms with Gasteiger partial charge in [0.25, 0.3) is 5.91 Å². The minimum Gasteiger partial charge on any atom is -0.399 e. The molecule has 0 atom stereocenters. The Morgan fingerprint density at radius 1 is 1.53 bits per heavy atom. The van der Waals surface area contributed by atoms with Crippen molar-refractivity contribution in [1.82, 2.24) is 4.90 Å². The van der Waals surface area contributed by atoms with Gasteiger partial charge in [0.1, 0.15) is 0 Å². The number of aliphatic hydroxyl groups excluding tert-OH is 1. The summed E-state index contributed by atoms with van der Waals surface area (Å²) in [6.07, 6.45) is 0.562. The lowest BCUT2D eigenvalue weighted by atomic mass is 10.1. The number of benzene rings is 1. The monoisotopic (exact) mass is 256 g/mol. The third-order valence-electron chi connectivity index (χ3n) is 2.48. The Kier molecular flexibility index (Phi) is 5.25. The molecule has 0 unspecified atom stereocenters. The van der Waals surface area contributed by atoms with E-state index in [0.29, 0.717) is 35.8 Å². The lowest BCUT2D eigenvalue weighted by molar-refractivity contribution is 0.0754. The number of halogens is 1. The van der Waals surface area contributed by atoms with Gasteiger partial charge in [0.15, 0.2) is 0 Å². The number of amides is 1. The second kappa shape index (κ2) is 6.47. The van der Waals surface area contributed by atoms with Gasteiger partial charge in [-0.15, -0.1) is 0 Å². The number of nitrogen functional groups attached to an aromatic ring is 1. The predicted octanol–water partition coefficient (Wildman–Crippen LogP) is 1.77. The van der Waals surface area contributed by atoms with Crippen molar-refractivity contribution >= 4 is 23.2 Å². The van der Waals surface area contributed by atoms with E-state index in [2.05, 4.69) is 0 Å². The van der Waals surface area contributed by atoms with Crippen LogP contribution in [0.15, 0.2) is 18.2 Å². The molecule has 0 aliphatic heterocycles. The van der Waals surface area contributed by atoms with E-state index >= 15 is 0 Å². The van der Waals surface area contributed by atoms with Crippen LogP contribution < -0.4 is 5.73 Å². The maximum Gasteiger partial charge on any atom is 0.255 e. The van der Waals surface area contributed by atoms with E-state index in [4.69, 9.17) is 22.4 Å². The summed E-state index contributed by atoms with van der Waals surface area (Å²) in [6.45, 7) is 3.06. The summed E-state index contributed by atoms with van der Waals surface area (Å²) in [5.74, 6) is -0.133. The van der Waals surface area contributed by atoms with Gasteiger partial charge in [0, 0.05) is 25.4 Å². The van der Waals surface area contributed by atoms with Crippen LogP contribution in [0, 0.1) is 0 Å². The normalized spacial score (nSPS) is 10.3. The van der Waals surface area contributed by atoms with Crippen molar-refractivity contribution in [2.75, 3.05) is 25.4 Å². The number of anilines is 1. The van der Waals surface area contributed by atoms with Crippen LogP contribution >= 0.6 is 11.6 Å². The van der Waals surface area contributed by atoms with Crippen LogP contribution in [0.1, 0.15) is 23.7 Å². The van der Waals surface area contributed by atoms with Gasteiger partial charge in [0.2, 0.25) is 0 Å². The van der Waals surface area contributed by atoms with Crippen LogP contribution in [-0.4, -0.2) is 35.6 Å². The summed E-state index contributed by atoms with van der Waals surface area (Å²) in [4.78, 5) is 13.8. The number of aliphatic hydroxyl groups is 1. The van der Waals surface area contributed by atoms with E-state index in [9.17, 15) is 4.79 Å². The minimum atomic E-state index is -0.133. The van der Waals surface area contributed by atoms with Crippen molar-refractivity contribution in [1.29, 1.82) is 0 Å². The average molecular weight is 257 g/mol. The van der Waals surface area contributed by atoms with Gasteiger partial charge >= 0.3 is 0 Å². The summed E-state index contributed by atoms with van der Waals surface area (Å²) in [6, 6.07) is 4.84. The van der Waals surface area contributed by atoms with Crippen LogP contribution in [0.3, 0.4) is 0 Å². The molecule has 0 heterocycles. The zero-order chi connectivity index (χ0) is 12.8. The van der Waals surface area contributed by atoms with Gasteiger partial charge in [-0.2, -0.15) is 0 Å². The van der Waals surface area contributed by atoms with Crippen molar-refractivity contribution in [3.63, 3.8) is 0 Å². The van der Waals surface area contributed by atoms with E-state index in [1.807, 2.05) is 6.92 Å². The number of nitrogens with zero attached hydrogens (tertiary/aromatic N) is 1. The molecule has 1 aromatic rings. The molecule has 5 heteroatoms. The van der Waals surface area contributed by atoms with Gasteiger partial charge in [-0.05, 0) is 31.5 Å². The van der Waals surface area contributed by atoms with E-state index in [1.54, 1.807) is 23.1 Å². The summed E-state index contributed by atoms with van der Waals surface area (Å²) in [5, 5.41) is 9.13. The number of hydrogen-bond donors (Lipinski definition) is 2. The van der Waals surface area contributed by atoms with Crippen LogP contribution in [0.4, 0.5) is 5.69 Å². The largest absolute Gasteiger partial charge is 0.399 e. The van der Waals surface area contributed by atoms with Crippen LogP contribution in [0.25, 0.3) is 0 Å². The Hall–Kier alpha value is -1.26. The van der Waals surface area contributed by atoms with Gasteiger partial charge in [-0.25, -0.2) is 0 Å². The topological polar surface area (TPSA) is 66.6 Å². The van der Waals surface area contributed by atoms with E-state index in [1.165, 1.54) is 0 Å². The lowest BCUT2D eigenvalue weighted by Gasteiger charge is -2.21. The number of nitrogens with two attached hydrogens (primary N) is 1. The van der Waals surface area contributed by atoms with Crippen LogP contribution in [0.5, 0.6) is 0 Å². The first kappa shape index (κ1) is 13.8. The van der Waals surface area contributed by atoms with Gasteiger partial charge in [-0.1, -0.05) is 11.6 Å². The van der Waals surface area contributed by atoms with Gasteiger partial charge < -0.3 is 15.7 Å². The molecule has 1 aromatic carbocycles. The molecular weight excluding hydrogens is 240 g/mol. The fourth-order valence-electron chi connectivity index (χ4n) is 1.54. The molecule has 3 N–H and O–H groups in total. The Bertz CT molecular complexity index is 396. The first-order valence-corrected chi connectivity index (χ1v) is 5.93. The van der Waals surface area contributed by atoms with Crippen molar-refractivity contribution in [3.05, 3.63) is 28.8 Å². The van der Waals surface area contributed by atoms with Gasteiger partial charge in [0.05, 0.1) is 10.6 Å². The molecule has 0 aromatic heterocycles. The highest BCUT2D eigenvalue weighted by Crippen LogP contribution is 2.20. The van der Waals surface area contributed by atoms with E-state index < -0.39 is 0 Å². The average Bonchev–Trinajstić information content (AvgIpc) is 2.29. The van der Waals surface area contributed by atoms with Crippen LogP contribution in [0.2, 0.25) is 5.02 Å². The molecule has 0 bridgehead atoms. The highest BCUT2D eigenvalue weighted by atomic mass is 35.5. The Balaban J connectivity index is 2.86. The molecule has 0 saturated carbocycles. The molecule has 0 fully saturated rings. The molecule has 0 saturated heterocycles. The molecule has 17 heavy (non-hydrogen) atoms. The summed E-state index contributed by atoms with van der Waals surface area (Å²) >= 11 is 5.98. The smallest absolute Gasteiger partial charge is 0.255 e. The minimum absolute atomic E-state index is 0.0687. The Labute approximate surface area is 106 Å². The molecule has 1 rings (SSSR count). The molecule has 1 amide bonds. The second-order valence-electron chi connectivity index (χ2n) is 3.70. The fraction of sp³-hybridized carbons (Fsp3) is 0.417. The first-order valence-electron chi connectivity index (χ1n) is 5.55. The highest BCUT2D eigenvalue weighted by molar-refractivity contribution is 6.34. The van der Waals surface area contributed by atoms with Crippen molar-refractivity contribution < 1.29 is 9.90 Å². The highest BCUT2D eigenvalue weighted by Gasteiger charge is 2.16. The third kappa shape index (κ3) is 3.61. The summed E-state index contributed by atoms with van der Waals surface area (Å²) in [5.41, 5.74) is 6.55. The number of carbonyl (C=O) groups is 1. The molecule has 4 nitrogen and oxygen atoms in total. The van der Waals surface area contributed by atoms with Crippen molar-refractivity contribution in [2.24, 2.45) is 0 Å². The Morgan fingerprint density at radius 3 is 2.76 bits per heavy atom. The first-order chi connectivity index (χ1) is 8.10. The molecule has 0 spiro atoms.